The second-order valence-electron chi connectivity index (χ2n) is 7.45. The highest BCUT2D eigenvalue weighted by Crippen LogP contribution is 2.32. The summed E-state index contributed by atoms with van der Waals surface area (Å²) in [6.45, 7) is 0.656. The largest absolute Gasteiger partial charge is 0.497 e. The molecule has 1 aliphatic rings. The number of nitrogens with zero attached hydrogens (tertiary/aromatic N) is 4. The number of benzene rings is 1. The van der Waals surface area contributed by atoms with Crippen LogP contribution in [0.1, 0.15) is 46.2 Å². The lowest BCUT2D eigenvalue weighted by Gasteiger charge is -2.24. The van der Waals surface area contributed by atoms with Crippen molar-refractivity contribution in [2.45, 2.75) is 25.3 Å². The summed E-state index contributed by atoms with van der Waals surface area (Å²) in [4.78, 5) is 31.0. The van der Waals surface area contributed by atoms with Crippen molar-refractivity contribution in [1.82, 2.24) is 19.7 Å². The average Bonchev–Trinajstić information content (AvgIpc) is 3.26. The second-order valence-corrected chi connectivity index (χ2v) is 7.45. The van der Waals surface area contributed by atoms with Crippen LogP contribution in [0.4, 0.5) is 0 Å². The molecule has 3 heterocycles. The molecule has 0 unspecified atom stereocenters. The van der Waals surface area contributed by atoms with Gasteiger partial charge >= 0.3 is 0 Å². The molecule has 0 radical (unpaired) electrons. The molecule has 3 aromatic rings. The highest BCUT2D eigenvalue weighted by Gasteiger charge is 2.32. The van der Waals surface area contributed by atoms with Crippen molar-refractivity contribution in [2.24, 2.45) is 7.05 Å². The van der Waals surface area contributed by atoms with E-state index >= 15 is 0 Å². The predicted octanol–water partition coefficient (Wildman–Crippen LogP) is 2.75. The molecule has 0 aliphatic carbocycles. The summed E-state index contributed by atoms with van der Waals surface area (Å²) in [6, 6.07) is 14.9. The number of carbonyl (C=O) groups is 1. The Morgan fingerprint density at radius 1 is 1.10 bits per heavy atom. The molecular weight excluding hydrogens is 380 g/mol. The molecule has 154 valence electrons. The van der Waals surface area contributed by atoms with Gasteiger partial charge in [-0.3, -0.25) is 14.6 Å². The fourth-order valence-corrected chi connectivity index (χ4v) is 3.80. The van der Waals surface area contributed by atoms with Crippen molar-refractivity contribution >= 4 is 5.91 Å². The maximum Gasteiger partial charge on any atom is 0.274 e. The van der Waals surface area contributed by atoms with Crippen LogP contribution in [-0.4, -0.2) is 39.2 Å². The van der Waals surface area contributed by atoms with E-state index in [2.05, 4.69) is 16.1 Å². The Labute approximate surface area is 174 Å². The third kappa shape index (κ3) is 4.10. The number of ether oxygens (including phenoxy) is 1. The molecular formula is C23H24N4O3. The maximum atomic E-state index is 13.0. The third-order valence-corrected chi connectivity index (χ3v) is 5.45. The van der Waals surface area contributed by atoms with E-state index in [1.807, 2.05) is 36.5 Å². The molecule has 1 atom stereocenters. The summed E-state index contributed by atoms with van der Waals surface area (Å²) in [5, 5.41) is 4.10. The lowest BCUT2D eigenvalue weighted by molar-refractivity contribution is 0.0724. The summed E-state index contributed by atoms with van der Waals surface area (Å²) in [5.74, 6) is 0.670. The molecule has 2 aromatic heterocycles. The monoisotopic (exact) mass is 404 g/mol. The van der Waals surface area contributed by atoms with Crippen LogP contribution < -0.4 is 10.3 Å². The molecule has 7 nitrogen and oxygen atoms in total. The molecule has 1 aromatic carbocycles. The zero-order valence-electron chi connectivity index (χ0n) is 17.1. The molecule has 1 amide bonds. The quantitative estimate of drug-likeness (QED) is 0.654. The topological polar surface area (TPSA) is 77.3 Å². The van der Waals surface area contributed by atoms with E-state index in [1.54, 1.807) is 19.1 Å². The summed E-state index contributed by atoms with van der Waals surface area (Å²) in [5.41, 5.74) is 3.21. The Balaban J connectivity index is 1.49. The zero-order valence-corrected chi connectivity index (χ0v) is 17.1. The number of aromatic nitrogens is 3. The molecule has 30 heavy (non-hydrogen) atoms. The Morgan fingerprint density at radius 2 is 1.87 bits per heavy atom. The van der Waals surface area contributed by atoms with Gasteiger partial charge in [0.2, 0.25) is 0 Å². The van der Waals surface area contributed by atoms with Crippen molar-refractivity contribution in [1.29, 1.82) is 0 Å². The SMILES string of the molecule is COc1ccc(Cc2ccc([C@H]3CCCN3C(=O)c3ccc(=O)n(C)n3)nc2)cc1. The van der Waals surface area contributed by atoms with Gasteiger partial charge in [0, 0.05) is 25.9 Å². The van der Waals surface area contributed by atoms with E-state index in [-0.39, 0.29) is 23.2 Å². The maximum absolute atomic E-state index is 13.0. The van der Waals surface area contributed by atoms with Crippen LogP contribution in [0.3, 0.4) is 0 Å². The van der Waals surface area contributed by atoms with Crippen LogP contribution >= 0.6 is 0 Å². The smallest absolute Gasteiger partial charge is 0.274 e. The molecule has 0 bridgehead atoms. The van der Waals surface area contributed by atoms with Crippen LogP contribution in [0, 0.1) is 0 Å². The van der Waals surface area contributed by atoms with Gasteiger partial charge in [-0.25, -0.2) is 4.68 Å². The number of aryl methyl sites for hydroxylation is 1. The molecule has 1 saturated heterocycles. The van der Waals surface area contributed by atoms with Crippen molar-refractivity contribution in [2.75, 3.05) is 13.7 Å². The second kappa shape index (κ2) is 8.49. The number of likely N-dealkylation sites (tertiary alicyclic amines) is 1. The minimum atomic E-state index is -0.237. The Morgan fingerprint density at radius 3 is 2.53 bits per heavy atom. The predicted molar refractivity (Wildman–Crippen MR) is 113 cm³/mol. The number of rotatable bonds is 5. The number of hydrogen-bond acceptors (Lipinski definition) is 5. The molecule has 1 aliphatic heterocycles. The van der Waals surface area contributed by atoms with E-state index in [9.17, 15) is 9.59 Å². The number of carbonyl (C=O) groups excluding carboxylic acids is 1. The standard InChI is InChI=1S/C23H24N4O3/c1-26-22(28)12-11-20(25-26)23(29)27-13-3-4-21(27)19-10-7-17(15-24-19)14-16-5-8-18(30-2)9-6-16/h5-12,15,21H,3-4,13-14H2,1-2H3/t21-/m1/s1. The molecule has 0 saturated carbocycles. The first-order valence-corrected chi connectivity index (χ1v) is 9.98. The van der Waals surface area contributed by atoms with Crippen LogP contribution in [-0.2, 0) is 13.5 Å². The van der Waals surface area contributed by atoms with Crippen molar-refractivity contribution in [3.8, 4) is 5.75 Å². The van der Waals surface area contributed by atoms with E-state index in [0.717, 1.165) is 36.3 Å². The van der Waals surface area contributed by atoms with Crippen molar-refractivity contribution < 1.29 is 9.53 Å². The van der Waals surface area contributed by atoms with E-state index in [0.29, 0.717) is 6.54 Å². The summed E-state index contributed by atoms with van der Waals surface area (Å²) in [6.07, 6.45) is 4.44. The van der Waals surface area contributed by atoms with E-state index in [1.165, 1.54) is 22.4 Å². The van der Waals surface area contributed by atoms with Gasteiger partial charge in [0.25, 0.3) is 11.5 Å². The number of amides is 1. The summed E-state index contributed by atoms with van der Waals surface area (Å²) in [7, 11) is 3.20. The minimum absolute atomic E-state index is 0.0772. The molecule has 1 fully saturated rings. The third-order valence-electron chi connectivity index (χ3n) is 5.45. The Kier molecular flexibility index (Phi) is 5.61. The van der Waals surface area contributed by atoms with Crippen LogP contribution in [0.2, 0.25) is 0 Å². The van der Waals surface area contributed by atoms with Crippen LogP contribution in [0.15, 0.2) is 59.5 Å². The molecule has 0 N–H and O–H groups in total. The van der Waals surface area contributed by atoms with Gasteiger partial charge in [0.05, 0.1) is 18.8 Å². The number of pyridine rings is 1. The highest BCUT2D eigenvalue weighted by molar-refractivity contribution is 5.92. The van der Waals surface area contributed by atoms with E-state index in [4.69, 9.17) is 4.74 Å². The Hall–Kier alpha value is -3.48. The number of hydrogen-bond donors (Lipinski definition) is 0. The normalized spacial score (nSPS) is 15.9. The summed E-state index contributed by atoms with van der Waals surface area (Å²) >= 11 is 0. The zero-order chi connectivity index (χ0) is 21.1. The van der Waals surface area contributed by atoms with Crippen molar-refractivity contribution in [3.05, 3.63) is 87.6 Å². The van der Waals surface area contributed by atoms with Gasteiger partial charge in [-0.15, -0.1) is 0 Å². The average molecular weight is 404 g/mol. The molecule has 0 spiro atoms. The van der Waals surface area contributed by atoms with Gasteiger partial charge in [-0.05, 0) is 54.7 Å². The van der Waals surface area contributed by atoms with Crippen LogP contribution in [0.25, 0.3) is 0 Å². The minimum Gasteiger partial charge on any atom is -0.497 e. The van der Waals surface area contributed by atoms with Gasteiger partial charge in [0.1, 0.15) is 11.4 Å². The van der Waals surface area contributed by atoms with Gasteiger partial charge in [-0.1, -0.05) is 18.2 Å². The van der Waals surface area contributed by atoms with Gasteiger partial charge < -0.3 is 9.64 Å². The first-order valence-electron chi connectivity index (χ1n) is 9.98. The molecule has 4 rings (SSSR count). The number of methoxy groups -OCH3 is 1. The van der Waals surface area contributed by atoms with E-state index < -0.39 is 0 Å². The van der Waals surface area contributed by atoms with Gasteiger partial charge in [-0.2, -0.15) is 5.10 Å². The fourth-order valence-electron chi connectivity index (χ4n) is 3.80. The first-order chi connectivity index (χ1) is 14.5. The lowest BCUT2D eigenvalue weighted by atomic mass is 10.0. The molecule has 7 heteroatoms. The van der Waals surface area contributed by atoms with Crippen LogP contribution in [0.5, 0.6) is 5.75 Å². The lowest BCUT2D eigenvalue weighted by Crippen LogP contribution is -2.33. The van der Waals surface area contributed by atoms with Gasteiger partial charge in [0.15, 0.2) is 0 Å². The fraction of sp³-hybridized carbons (Fsp3) is 0.304. The highest BCUT2D eigenvalue weighted by atomic mass is 16.5. The van der Waals surface area contributed by atoms with Crippen molar-refractivity contribution in [3.63, 3.8) is 0 Å². The first kappa shape index (κ1) is 19.8. The summed E-state index contributed by atoms with van der Waals surface area (Å²) < 4.78 is 6.38. The Bertz CT molecular complexity index is 1090.